The Kier molecular flexibility index (Phi) is 3.58. The second-order valence-electron chi connectivity index (χ2n) is 9.33. The zero-order chi connectivity index (χ0) is 16.4. The lowest BCUT2D eigenvalue weighted by Crippen LogP contribution is -2.51. The quantitative estimate of drug-likeness (QED) is 0.722. The van der Waals surface area contributed by atoms with Gasteiger partial charge in [-0.15, -0.1) is 0 Å². The maximum atomic E-state index is 12.7. The van der Waals surface area contributed by atoms with E-state index in [-0.39, 0.29) is 16.9 Å². The lowest BCUT2D eigenvalue weighted by molar-refractivity contribution is -0.132. The van der Waals surface area contributed by atoms with Crippen molar-refractivity contribution in [3.63, 3.8) is 0 Å². The van der Waals surface area contributed by atoms with E-state index in [0.29, 0.717) is 23.5 Å². The third kappa shape index (κ3) is 2.06. The van der Waals surface area contributed by atoms with Gasteiger partial charge in [0.1, 0.15) is 5.78 Å². The van der Waals surface area contributed by atoms with Crippen LogP contribution in [0.1, 0.15) is 72.1 Å². The molecule has 1 N–H and O–H groups in total. The van der Waals surface area contributed by atoms with Crippen molar-refractivity contribution in [3.8, 4) is 0 Å². The molecule has 0 saturated heterocycles. The van der Waals surface area contributed by atoms with Crippen molar-refractivity contribution in [2.24, 2.45) is 34.5 Å². The van der Waals surface area contributed by atoms with E-state index < -0.39 is 0 Å². The Bertz CT molecular complexity index is 550. The first-order valence-electron chi connectivity index (χ1n) is 9.81. The molecule has 0 aromatic rings. The minimum atomic E-state index is -0.129. The Morgan fingerprint density at radius 2 is 1.91 bits per heavy atom. The Morgan fingerprint density at radius 1 is 1.17 bits per heavy atom. The van der Waals surface area contributed by atoms with Gasteiger partial charge in [0, 0.05) is 11.8 Å². The molecular formula is C21H32O2. The van der Waals surface area contributed by atoms with Gasteiger partial charge in [0.15, 0.2) is 0 Å². The molecule has 0 aromatic carbocycles. The first kappa shape index (κ1) is 15.9. The van der Waals surface area contributed by atoms with Gasteiger partial charge in [-0.3, -0.25) is 4.79 Å². The van der Waals surface area contributed by atoms with Gasteiger partial charge < -0.3 is 5.11 Å². The third-order valence-corrected chi connectivity index (χ3v) is 8.45. The first-order valence-corrected chi connectivity index (χ1v) is 9.81. The van der Waals surface area contributed by atoms with E-state index in [1.807, 2.05) is 0 Å². The van der Waals surface area contributed by atoms with Gasteiger partial charge in [-0.2, -0.15) is 0 Å². The zero-order valence-electron chi connectivity index (χ0n) is 15.0. The van der Waals surface area contributed by atoms with E-state index in [2.05, 4.69) is 26.8 Å². The molecule has 0 aromatic heterocycles. The molecule has 4 aliphatic carbocycles. The summed E-state index contributed by atoms with van der Waals surface area (Å²) in [6.07, 6.45) is 10.7. The van der Waals surface area contributed by atoms with E-state index in [0.717, 1.165) is 50.9 Å². The van der Waals surface area contributed by atoms with E-state index in [4.69, 9.17) is 0 Å². The maximum absolute atomic E-state index is 12.7. The highest BCUT2D eigenvalue weighted by Gasteiger charge is 2.61. The van der Waals surface area contributed by atoms with Crippen molar-refractivity contribution in [2.45, 2.75) is 78.2 Å². The average Bonchev–Trinajstić information content (AvgIpc) is 2.79. The summed E-state index contributed by atoms with van der Waals surface area (Å²) in [5, 5.41) is 10.1. The summed E-state index contributed by atoms with van der Waals surface area (Å²) in [5.41, 5.74) is 1.77. The smallest absolute Gasteiger partial charge is 0.139 e. The number of allylic oxidation sites excluding steroid dienone is 1. The van der Waals surface area contributed by atoms with Crippen LogP contribution in [0.2, 0.25) is 0 Å². The van der Waals surface area contributed by atoms with Crippen LogP contribution in [-0.4, -0.2) is 17.0 Å². The molecule has 4 rings (SSSR count). The first-order chi connectivity index (χ1) is 10.9. The molecule has 23 heavy (non-hydrogen) atoms. The molecule has 7 atom stereocenters. The van der Waals surface area contributed by atoms with E-state index in [9.17, 15) is 9.90 Å². The highest BCUT2D eigenvalue weighted by molar-refractivity contribution is 5.87. The predicted molar refractivity (Wildman–Crippen MR) is 91.9 cm³/mol. The van der Waals surface area contributed by atoms with Gasteiger partial charge in [0.2, 0.25) is 0 Å². The highest BCUT2D eigenvalue weighted by atomic mass is 16.3. The number of hydrogen-bond donors (Lipinski definition) is 1. The van der Waals surface area contributed by atoms with Crippen LogP contribution in [0.3, 0.4) is 0 Å². The van der Waals surface area contributed by atoms with Crippen LogP contribution in [0.4, 0.5) is 0 Å². The maximum Gasteiger partial charge on any atom is 0.139 e. The summed E-state index contributed by atoms with van der Waals surface area (Å²) in [6.45, 7) is 7.01. The fourth-order valence-corrected chi connectivity index (χ4v) is 7.09. The van der Waals surface area contributed by atoms with Crippen LogP contribution >= 0.6 is 0 Å². The lowest BCUT2D eigenvalue weighted by atomic mass is 9.47. The third-order valence-electron chi connectivity index (χ3n) is 8.45. The number of aliphatic hydroxyl groups is 1. The van der Waals surface area contributed by atoms with Crippen molar-refractivity contribution < 1.29 is 9.90 Å². The molecular weight excluding hydrogens is 284 g/mol. The number of ketones is 1. The summed E-state index contributed by atoms with van der Waals surface area (Å²) in [7, 11) is 0. The molecule has 0 spiro atoms. The van der Waals surface area contributed by atoms with Gasteiger partial charge in [-0.05, 0) is 67.6 Å². The molecule has 0 amide bonds. The van der Waals surface area contributed by atoms with Crippen molar-refractivity contribution in [3.05, 3.63) is 11.6 Å². The molecule has 0 heterocycles. The largest absolute Gasteiger partial charge is 0.393 e. The zero-order valence-corrected chi connectivity index (χ0v) is 15.0. The molecule has 128 valence electrons. The highest BCUT2D eigenvalue weighted by Crippen LogP contribution is 2.65. The van der Waals surface area contributed by atoms with Crippen LogP contribution in [0, 0.1) is 34.5 Å². The molecule has 0 radical (unpaired) electrons. The number of carbonyl (C=O) groups excluding carboxylic acids is 1. The van der Waals surface area contributed by atoms with Crippen molar-refractivity contribution in [1.82, 2.24) is 0 Å². The van der Waals surface area contributed by atoms with E-state index >= 15 is 0 Å². The van der Waals surface area contributed by atoms with Crippen LogP contribution in [-0.2, 0) is 4.79 Å². The van der Waals surface area contributed by atoms with Crippen molar-refractivity contribution >= 4 is 5.78 Å². The molecule has 0 aliphatic heterocycles. The molecule has 0 bridgehead atoms. The normalized spacial score (nSPS) is 52.4. The Morgan fingerprint density at radius 3 is 2.65 bits per heavy atom. The minimum Gasteiger partial charge on any atom is -0.393 e. The number of hydrogen-bond acceptors (Lipinski definition) is 2. The predicted octanol–water partition coefficient (Wildman–Crippen LogP) is 4.52. The van der Waals surface area contributed by atoms with Gasteiger partial charge >= 0.3 is 0 Å². The van der Waals surface area contributed by atoms with Crippen LogP contribution in [0.5, 0.6) is 0 Å². The van der Waals surface area contributed by atoms with E-state index in [1.165, 1.54) is 12.0 Å². The number of fused-ring (bicyclic) bond motifs is 5. The van der Waals surface area contributed by atoms with Crippen LogP contribution in [0.15, 0.2) is 11.6 Å². The second kappa shape index (κ2) is 5.18. The summed E-state index contributed by atoms with van der Waals surface area (Å²) in [5.74, 6) is 3.17. The van der Waals surface area contributed by atoms with Gasteiger partial charge in [0.05, 0.1) is 6.10 Å². The van der Waals surface area contributed by atoms with Gasteiger partial charge in [0.25, 0.3) is 0 Å². The molecule has 2 nitrogen and oxygen atoms in total. The average molecular weight is 316 g/mol. The number of carbonyl (C=O) groups is 1. The summed E-state index contributed by atoms with van der Waals surface area (Å²) in [4.78, 5) is 12.7. The summed E-state index contributed by atoms with van der Waals surface area (Å²) >= 11 is 0. The minimum absolute atomic E-state index is 0.0439. The monoisotopic (exact) mass is 316 g/mol. The fraction of sp³-hybridized carbons (Fsp3) is 0.857. The summed E-state index contributed by atoms with van der Waals surface area (Å²) in [6, 6.07) is 0. The topological polar surface area (TPSA) is 37.3 Å². The molecule has 4 aliphatic rings. The lowest BCUT2D eigenvalue weighted by Gasteiger charge is -2.57. The summed E-state index contributed by atoms with van der Waals surface area (Å²) < 4.78 is 0. The SMILES string of the molecule is CC[C@@H]1CC(=O)[C@@]2(C)CC[C@H]3[C@@H](CC=C4C[C@@H](O)CC[C@@]43C)[C@H]12. The Hall–Kier alpha value is -0.630. The van der Waals surface area contributed by atoms with Crippen LogP contribution < -0.4 is 0 Å². The number of aliphatic hydroxyl groups excluding tert-OH is 1. The number of Topliss-reactive ketones (excluding diaryl/α,β-unsaturated/α-hetero) is 1. The van der Waals surface area contributed by atoms with Gasteiger partial charge in [-0.1, -0.05) is 38.8 Å². The van der Waals surface area contributed by atoms with Crippen molar-refractivity contribution in [2.75, 3.05) is 0 Å². The van der Waals surface area contributed by atoms with Crippen molar-refractivity contribution in [1.29, 1.82) is 0 Å². The Balaban J connectivity index is 1.72. The molecule has 2 heteroatoms. The number of rotatable bonds is 1. The standard InChI is InChI=1S/C21H32O2/c1-4-13-11-18(23)21(3)10-8-17-16(19(13)21)6-5-14-12-15(22)7-9-20(14,17)2/h5,13,15-17,19,22H,4,6-12H2,1-3H3/t13-,15+,16-,17+,19+,20+,21-/m1/s1. The molecule has 3 saturated carbocycles. The Labute approximate surface area is 140 Å². The van der Waals surface area contributed by atoms with E-state index in [1.54, 1.807) is 0 Å². The molecule has 0 unspecified atom stereocenters. The second-order valence-corrected chi connectivity index (χ2v) is 9.33. The fourth-order valence-electron chi connectivity index (χ4n) is 7.09. The van der Waals surface area contributed by atoms with Gasteiger partial charge in [-0.25, -0.2) is 0 Å². The van der Waals surface area contributed by atoms with Crippen LogP contribution in [0.25, 0.3) is 0 Å². The molecule has 3 fully saturated rings.